The second kappa shape index (κ2) is 6.46. The summed E-state index contributed by atoms with van der Waals surface area (Å²) < 4.78 is 0. The molecular formula is C17H24N2O3. The molecular weight excluding hydrogens is 280 g/mol. The number of fused-ring (bicyclic) bond motifs is 1. The van der Waals surface area contributed by atoms with Crippen LogP contribution in [0.5, 0.6) is 0 Å². The molecule has 120 valence electrons. The summed E-state index contributed by atoms with van der Waals surface area (Å²) >= 11 is 0. The van der Waals surface area contributed by atoms with Crippen LogP contribution in [0.25, 0.3) is 0 Å². The van der Waals surface area contributed by atoms with Crippen molar-refractivity contribution in [3.8, 4) is 0 Å². The zero-order chi connectivity index (χ0) is 16.3. The lowest BCUT2D eigenvalue weighted by atomic mass is 9.85. The van der Waals surface area contributed by atoms with Gasteiger partial charge in [-0.1, -0.05) is 26.2 Å². The summed E-state index contributed by atoms with van der Waals surface area (Å²) in [5, 5.41) is 10.9. The summed E-state index contributed by atoms with van der Waals surface area (Å²) in [6, 6.07) is 4.64. The highest BCUT2D eigenvalue weighted by atomic mass is 16.6. The van der Waals surface area contributed by atoms with Gasteiger partial charge in [-0.05, 0) is 26.3 Å². The standard InChI is InChI=1S/C17H24N2O3/c1-4-5-6-7-10-18-15-9-8-13(19(21)22)11-14(15)16(20)12-17(18,2)3/h8-9,11H,4-7,10,12H2,1-3H3. The maximum atomic E-state index is 12.3. The molecule has 0 aromatic heterocycles. The molecule has 0 aliphatic carbocycles. The Balaban J connectivity index is 2.31. The van der Waals surface area contributed by atoms with Crippen molar-refractivity contribution in [2.24, 2.45) is 0 Å². The van der Waals surface area contributed by atoms with Gasteiger partial charge < -0.3 is 4.90 Å². The van der Waals surface area contributed by atoms with Crippen LogP contribution in [-0.4, -0.2) is 22.8 Å². The number of rotatable bonds is 6. The number of ketones is 1. The fourth-order valence-electron chi connectivity index (χ4n) is 3.13. The molecule has 0 bridgehead atoms. The SMILES string of the molecule is CCCCCCN1c2ccc([N+](=O)[O-])cc2C(=O)CC1(C)C. The van der Waals surface area contributed by atoms with Gasteiger partial charge in [0.25, 0.3) is 5.69 Å². The normalized spacial score (nSPS) is 16.5. The summed E-state index contributed by atoms with van der Waals surface area (Å²) in [6.07, 6.45) is 5.03. The lowest BCUT2D eigenvalue weighted by molar-refractivity contribution is -0.384. The third-order valence-corrected chi connectivity index (χ3v) is 4.34. The molecule has 2 rings (SSSR count). The number of benzene rings is 1. The van der Waals surface area contributed by atoms with E-state index in [1.807, 2.05) is 0 Å². The Morgan fingerprint density at radius 1 is 1.27 bits per heavy atom. The van der Waals surface area contributed by atoms with Crippen molar-refractivity contribution < 1.29 is 9.72 Å². The number of non-ortho nitro benzene ring substituents is 1. The Morgan fingerprint density at radius 2 is 2.00 bits per heavy atom. The first-order chi connectivity index (χ1) is 10.4. The number of anilines is 1. The van der Waals surface area contributed by atoms with Crippen molar-refractivity contribution in [1.82, 2.24) is 0 Å². The molecule has 0 fully saturated rings. The molecule has 1 aromatic rings. The molecule has 0 unspecified atom stereocenters. The van der Waals surface area contributed by atoms with Crippen molar-refractivity contribution in [3.63, 3.8) is 0 Å². The van der Waals surface area contributed by atoms with Crippen LogP contribution in [-0.2, 0) is 0 Å². The number of nitrogens with zero attached hydrogens (tertiary/aromatic N) is 2. The van der Waals surface area contributed by atoms with Crippen molar-refractivity contribution in [3.05, 3.63) is 33.9 Å². The average Bonchev–Trinajstić information content (AvgIpc) is 2.45. The minimum Gasteiger partial charge on any atom is -0.365 e. The van der Waals surface area contributed by atoms with Crippen LogP contribution < -0.4 is 4.90 Å². The Labute approximate surface area is 131 Å². The minimum absolute atomic E-state index is 0.00601. The number of nitro benzene ring substituents is 1. The van der Waals surface area contributed by atoms with Crippen molar-refractivity contribution in [2.45, 2.75) is 58.4 Å². The predicted molar refractivity (Wildman–Crippen MR) is 87.6 cm³/mol. The highest BCUT2D eigenvalue weighted by Gasteiger charge is 2.37. The van der Waals surface area contributed by atoms with Gasteiger partial charge in [-0.3, -0.25) is 14.9 Å². The van der Waals surface area contributed by atoms with Crippen LogP contribution in [0.3, 0.4) is 0 Å². The van der Waals surface area contributed by atoms with E-state index in [2.05, 4.69) is 25.7 Å². The summed E-state index contributed by atoms with van der Waals surface area (Å²) in [4.78, 5) is 25.1. The Kier molecular flexibility index (Phi) is 4.84. The molecule has 22 heavy (non-hydrogen) atoms. The van der Waals surface area contributed by atoms with E-state index in [0.29, 0.717) is 12.0 Å². The first-order valence-corrected chi connectivity index (χ1v) is 7.96. The van der Waals surface area contributed by atoms with Crippen molar-refractivity contribution >= 4 is 17.2 Å². The highest BCUT2D eigenvalue weighted by molar-refractivity contribution is 6.04. The second-order valence-corrected chi connectivity index (χ2v) is 6.58. The van der Waals surface area contributed by atoms with Crippen LogP contribution >= 0.6 is 0 Å². The van der Waals surface area contributed by atoms with Gasteiger partial charge >= 0.3 is 0 Å². The van der Waals surface area contributed by atoms with Crippen molar-refractivity contribution in [1.29, 1.82) is 0 Å². The average molecular weight is 304 g/mol. The molecule has 0 atom stereocenters. The van der Waals surface area contributed by atoms with Crippen LogP contribution in [0.15, 0.2) is 18.2 Å². The predicted octanol–water partition coefficient (Wildman–Crippen LogP) is 4.35. The summed E-state index contributed by atoms with van der Waals surface area (Å²) in [6.45, 7) is 7.19. The number of unbranched alkanes of at least 4 members (excludes halogenated alkanes) is 3. The number of nitro groups is 1. The van der Waals surface area contributed by atoms with Gasteiger partial charge in [0, 0.05) is 41.9 Å². The molecule has 0 N–H and O–H groups in total. The van der Waals surface area contributed by atoms with Gasteiger partial charge in [-0.2, -0.15) is 0 Å². The van der Waals surface area contributed by atoms with Gasteiger partial charge in [0.15, 0.2) is 5.78 Å². The molecule has 0 saturated carbocycles. The van der Waals surface area contributed by atoms with E-state index in [-0.39, 0.29) is 17.0 Å². The van der Waals surface area contributed by atoms with Gasteiger partial charge in [0.1, 0.15) is 0 Å². The molecule has 1 aliphatic heterocycles. The Hall–Kier alpha value is -1.91. The smallest absolute Gasteiger partial charge is 0.270 e. The zero-order valence-electron chi connectivity index (χ0n) is 13.6. The van der Waals surface area contributed by atoms with E-state index in [1.165, 1.54) is 31.4 Å². The lowest BCUT2D eigenvalue weighted by Crippen LogP contribution is -2.49. The molecule has 5 nitrogen and oxygen atoms in total. The molecule has 1 heterocycles. The zero-order valence-corrected chi connectivity index (χ0v) is 13.6. The van der Waals surface area contributed by atoms with Gasteiger partial charge in [0.05, 0.1) is 4.92 Å². The van der Waals surface area contributed by atoms with Gasteiger partial charge in [-0.15, -0.1) is 0 Å². The van der Waals surface area contributed by atoms with E-state index < -0.39 is 4.92 Å². The Bertz CT molecular complexity index is 581. The molecule has 1 aliphatic rings. The molecule has 1 aromatic carbocycles. The number of carbonyl (C=O) groups is 1. The van der Waals surface area contributed by atoms with Crippen molar-refractivity contribution in [2.75, 3.05) is 11.4 Å². The molecule has 0 spiro atoms. The maximum absolute atomic E-state index is 12.3. The summed E-state index contributed by atoms with van der Waals surface area (Å²) in [7, 11) is 0. The first kappa shape index (κ1) is 16.5. The number of hydrogen-bond acceptors (Lipinski definition) is 4. The number of carbonyl (C=O) groups excluding carboxylic acids is 1. The quantitative estimate of drug-likeness (QED) is 0.445. The largest absolute Gasteiger partial charge is 0.365 e. The minimum atomic E-state index is -0.446. The third-order valence-electron chi connectivity index (χ3n) is 4.34. The fraction of sp³-hybridized carbons (Fsp3) is 0.588. The Morgan fingerprint density at radius 3 is 2.64 bits per heavy atom. The maximum Gasteiger partial charge on any atom is 0.270 e. The van der Waals surface area contributed by atoms with E-state index in [0.717, 1.165) is 18.7 Å². The van der Waals surface area contributed by atoms with E-state index >= 15 is 0 Å². The van der Waals surface area contributed by atoms with E-state index in [4.69, 9.17) is 0 Å². The molecule has 0 amide bonds. The third kappa shape index (κ3) is 3.29. The summed E-state index contributed by atoms with van der Waals surface area (Å²) in [5.74, 6) is -0.00601. The number of hydrogen-bond donors (Lipinski definition) is 0. The van der Waals surface area contributed by atoms with E-state index in [1.54, 1.807) is 6.07 Å². The van der Waals surface area contributed by atoms with Crippen LogP contribution in [0.1, 0.15) is 63.2 Å². The molecule has 0 radical (unpaired) electrons. The fourth-order valence-corrected chi connectivity index (χ4v) is 3.13. The van der Waals surface area contributed by atoms with Gasteiger partial charge in [0.2, 0.25) is 0 Å². The van der Waals surface area contributed by atoms with Gasteiger partial charge in [-0.25, -0.2) is 0 Å². The van der Waals surface area contributed by atoms with Crippen LogP contribution in [0, 0.1) is 10.1 Å². The van der Waals surface area contributed by atoms with Crippen LogP contribution in [0.2, 0.25) is 0 Å². The molecule has 0 saturated heterocycles. The second-order valence-electron chi connectivity index (χ2n) is 6.58. The van der Waals surface area contributed by atoms with E-state index in [9.17, 15) is 14.9 Å². The van der Waals surface area contributed by atoms with Crippen LogP contribution in [0.4, 0.5) is 11.4 Å². The molecule has 5 heteroatoms. The first-order valence-electron chi connectivity index (χ1n) is 7.96. The highest BCUT2D eigenvalue weighted by Crippen LogP contribution is 2.38. The number of Topliss-reactive ketones (excluding diaryl/α,β-unsaturated/α-hetero) is 1. The topological polar surface area (TPSA) is 63.4 Å². The summed E-state index contributed by atoms with van der Waals surface area (Å²) in [5.41, 5.74) is 1.07. The monoisotopic (exact) mass is 304 g/mol. The lowest BCUT2D eigenvalue weighted by Gasteiger charge is -2.44.